The molecule has 0 N–H and O–H groups in total. The minimum absolute atomic E-state index is 0.0711. The molecule has 0 saturated carbocycles. The van der Waals surface area contributed by atoms with Gasteiger partial charge in [0, 0.05) is 0 Å². The van der Waals surface area contributed by atoms with Gasteiger partial charge in [-0.15, -0.1) is 0 Å². The topological polar surface area (TPSA) is 34.1 Å². The molecule has 0 aromatic heterocycles. The number of hydrogen-bond acceptors (Lipinski definition) is 2. The van der Waals surface area contributed by atoms with E-state index in [1.165, 1.54) is 0 Å². The highest BCUT2D eigenvalue weighted by Gasteiger charge is 2.43. The van der Waals surface area contributed by atoms with Crippen molar-refractivity contribution in [3.05, 3.63) is 0 Å². The van der Waals surface area contributed by atoms with Crippen LogP contribution in [0.5, 0.6) is 0 Å². The van der Waals surface area contributed by atoms with Crippen LogP contribution < -0.4 is 0 Å². The van der Waals surface area contributed by atoms with Crippen LogP contribution in [0.15, 0.2) is 0 Å². The minimum Gasteiger partial charge on any atom is -0.290 e. The highest BCUT2D eigenvalue weighted by atomic mass is 19.4. The Balaban J connectivity index is 4.24. The molecule has 0 aliphatic carbocycles. The summed E-state index contributed by atoms with van der Waals surface area (Å²) in [5.74, 6) is -3.63. The maximum absolute atomic E-state index is 11.8. The average molecular weight is 195 g/mol. The van der Waals surface area contributed by atoms with E-state index in [-0.39, 0.29) is 6.42 Å². The van der Waals surface area contributed by atoms with E-state index in [9.17, 15) is 22.8 Å². The first kappa shape index (κ1) is 12.1. The zero-order valence-corrected chi connectivity index (χ0v) is 7.15. The molecule has 2 nitrogen and oxygen atoms in total. The first-order valence-electron chi connectivity index (χ1n) is 3.92. The van der Waals surface area contributed by atoms with Gasteiger partial charge in [-0.25, -0.2) is 0 Å². The highest BCUT2D eigenvalue weighted by Crippen LogP contribution is 2.22. The fourth-order valence-electron chi connectivity index (χ4n) is 0.849. The molecular formula is C8H10F3O2. The predicted molar refractivity (Wildman–Crippen MR) is 39.8 cm³/mol. The van der Waals surface area contributed by atoms with Crippen LogP contribution in [-0.4, -0.2) is 18.2 Å². The summed E-state index contributed by atoms with van der Waals surface area (Å²) in [6.45, 7) is 1.76. The van der Waals surface area contributed by atoms with Gasteiger partial charge in [-0.3, -0.25) is 9.59 Å². The summed E-state index contributed by atoms with van der Waals surface area (Å²) in [6, 6.07) is 0. The third-order valence-electron chi connectivity index (χ3n) is 1.58. The van der Waals surface area contributed by atoms with Crippen LogP contribution in [0.4, 0.5) is 13.2 Å². The van der Waals surface area contributed by atoms with E-state index in [2.05, 4.69) is 0 Å². The van der Waals surface area contributed by atoms with Crippen molar-refractivity contribution in [2.75, 3.05) is 0 Å². The van der Waals surface area contributed by atoms with Gasteiger partial charge in [-0.1, -0.05) is 19.8 Å². The molecule has 0 spiro atoms. The first-order valence-corrected chi connectivity index (χ1v) is 3.92. The largest absolute Gasteiger partial charge is 0.450 e. The number of alkyl halides is 3. The number of ketones is 1. The predicted octanol–water partition coefficient (Wildman–Crippen LogP) is 2.03. The number of hydrogen-bond donors (Lipinski definition) is 0. The Kier molecular flexibility index (Phi) is 4.66. The molecule has 0 aromatic rings. The molecular weight excluding hydrogens is 185 g/mol. The molecule has 0 aliphatic rings. The van der Waals surface area contributed by atoms with E-state index in [1.807, 2.05) is 0 Å². The molecule has 0 amide bonds. The maximum Gasteiger partial charge on any atom is 0.450 e. The molecule has 0 heterocycles. The summed E-state index contributed by atoms with van der Waals surface area (Å²) in [4.78, 5) is 20.6. The van der Waals surface area contributed by atoms with E-state index in [4.69, 9.17) is 0 Å². The number of carbonyl (C=O) groups excluding carboxylic acids is 2. The number of carbonyl (C=O) groups is 1. The fraction of sp³-hybridized carbons (Fsp3) is 0.750. The van der Waals surface area contributed by atoms with Crippen LogP contribution in [0, 0.1) is 5.92 Å². The Labute approximate surface area is 74.1 Å². The lowest BCUT2D eigenvalue weighted by atomic mass is 9.99. The van der Waals surface area contributed by atoms with Gasteiger partial charge in [-0.05, 0) is 6.42 Å². The second-order valence-electron chi connectivity index (χ2n) is 2.67. The zero-order valence-electron chi connectivity index (χ0n) is 7.15. The van der Waals surface area contributed by atoms with E-state index in [0.717, 1.165) is 6.29 Å². The summed E-state index contributed by atoms with van der Waals surface area (Å²) in [7, 11) is 0. The Hall–Kier alpha value is -0.870. The summed E-state index contributed by atoms with van der Waals surface area (Å²) in [5, 5.41) is 0. The second kappa shape index (κ2) is 4.99. The van der Waals surface area contributed by atoms with Crippen molar-refractivity contribution in [3.8, 4) is 0 Å². The fourth-order valence-corrected chi connectivity index (χ4v) is 0.849. The monoisotopic (exact) mass is 195 g/mol. The molecule has 0 bridgehead atoms. The third-order valence-corrected chi connectivity index (χ3v) is 1.58. The number of unbranched alkanes of at least 4 members (excludes halogenated alkanes) is 1. The van der Waals surface area contributed by atoms with Crippen molar-refractivity contribution in [1.29, 1.82) is 0 Å². The third kappa shape index (κ3) is 4.05. The molecule has 0 saturated heterocycles. The number of rotatable bonds is 5. The van der Waals surface area contributed by atoms with Crippen molar-refractivity contribution < 1.29 is 22.8 Å². The van der Waals surface area contributed by atoms with Crippen LogP contribution in [-0.2, 0) is 9.59 Å². The Morgan fingerprint density at radius 2 is 2.00 bits per heavy atom. The normalized spacial score (nSPS) is 13.8. The van der Waals surface area contributed by atoms with Gasteiger partial charge in [0.05, 0.1) is 5.92 Å². The zero-order chi connectivity index (χ0) is 10.5. The Bertz CT molecular complexity index is 186. The van der Waals surface area contributed by atoms with Gasteiger partial charge >= 0.3 is 6.18 Å². The van der Waals surface area contributed by atoms with Crippen molar-refractivity contribution in [2.45, 2.75) is 32.4 Å². The average Bonchev–Trinajstić information content (AvgIpc) is 2.04. The first-order chi connectivity index (χ1) is 5.93. The molecule has 1 radical (unpaired) electrons. The molecule has 75 valence electrons. The van der Waals surface area contributed by atoms with Crippen LogP contribution in [0.3, 0.4) is 0 Å². The van der Waals surface area contributed by atoms with Gasteiger partial charge in [0.25, 0.3) is 0 Å². The summed E-state index contributed by atoms with van der Waals surface area (Å²) < 4.78 is 35.4. The van der Waals surface area contributed by atoms with E-state index < -0.39 is 17.9 Å². The smallest absolute Gasteiger partial charge is 0.290 e. The molecule has 0 rings (SSSR count). The lowest BCUT2D eigenvalue weighted by Gasteiger charge is -2.09. The van der Waals surface area contributed by atoms with Crippen LogP contribution >= 0.6 is 0 Å². The molecule has 0 fully saturated rings. The van der Waals surface area contributed by atoms with E-state index >= 15 is 0 Å². The Morgan fingerprint density at radius 3 is 2.31 bits per heavy atom. The van der Waals surface area contributed by atoms with Gasteiger partial charge in [0.2, 0.25) is 12.1 Å². The van der Waals surface area contributed by atoms with Crippen molar-refractivity contribution >= 4 is 12.1 Å². The molecule has 5 heteroatoms. The van der Waals surface area contributed by atoms with E-state index in [0.29, 0.717) is 12.8 Å². The number of halogens is 3. The van der Waals surface area contributed by atoms with Gasteiger partial charge in [-0.2, -0.15) is 13.2 Å². The van der Waals surface area contributed by atoms with Crippen LogP contribution in [0.25, 0.3) is 0 Å². The summed E-state index contributed by atoms with van der Waals surface area (Å²) >= 11 is 0. The maximum atomic E-state index is 11.8. The van der Waals surface area contributed by atoms with Crippen molar-refractivity contribution in [1.82, 2.24) is 0 Å². The van der Waals surface area contributed by atoms with Crippen LogP contribution in [0.1, 0.15) is 26.2 Å². The van der Waals surface area contributed by atoms with Crippen LogP contribution in [0.2, 0.25) is 0 Å². The highest BCUT2D eigenvalue weighted by molar-refractivity contribution is 5.96. The number of Topliss-reactive ketones (excluding diaryl/α,β-unsaturated/α-hetero) is 1. The molecule has 13 heavy (non-hydrogen) atoms. The minimum atomic E-state index is -4.92. The van der Waals surface area contributed by atoms with Crippen molar-refractivity contribution in [3.63, 3.8) is 0 Å². The molecule has 0 aromatic carbocycles. The molecule has 1 unspecified atom stereocenters. The quantitative estimate of drug-likeness (QED) is 0.629. The lowest BCUT2D eigenvalue weighted by molar-refractivity contribution is -0.173. The SMILES string of the molecule is CCCCC([C]=O)C(=O)C(F)(F)F. The summed E-state index contributed by atoms with van der Waals surface area (Å²) in [5.41, 5.74) is 0. The van der Waals surface area contributed by atoms with Crippen molar-refractivity contribution in [2.24, 2.45) is 5.92 Å². The lowest BCUT2D eigenvalue weighted by Crippen LogP contribution is -2.31. The van der Waals surface area contributed by atoms with Gasteiger partial charge < -0.3 is 0 Å². The standard InChI is InChI=1S/C8H10F3O2/c1-2-3-4-6(5-12)7(13)8(9,10)11/h6H,2-4H2,1H3. The van der Waals surface area contributed by atoms with Gasteiger partial charge in [0.15, 0.2) is 0 Å². The Morgan fingerprint density at radius 1 is 1.46 bits per heavy atom. The molecule has 0 aliphatic heterocycles. The molecule has 1 atom stereocenters. The van der Waals surface area contributed by atoms with E-state index in [1.54, 1.807) is 6.92 Å². The summed E-state index contributed by atoms with van der Waals surface area (Å²) in [6.07, 6.45) is -2.81. The second-order valence-corrected chi connectivity index (χ2v) is 2.67. The van der Waals surface area contributed by atoms with Gasteiger partial charge in [0.1, 0.15) is 0 Å².